The molecule has 5 heteroatoms. The van der Waals surface area contributed by atoms with Crippen LogP contribution in [0.15, 0.2) is 72.0 Å². The van der Waals surface area contributed by atoms with Crippen LogP contribution >= 0.6 is 0 Å². The van der Waals surface area contributed by atoms with Gasteiger partial charge in [0.2, 0.25) is 0 Å². The van der Waals surface area contributed by atoms with E-state index in [0.29, 0.717) is 12.3 Å². The van der Waals surface area contributed by atoms with E-state index in [1.54, 1.807) is 4.90 Å². The Morgan fingerprint density at radius 2 is 1.88 bits per heavy atom. The zero-order valence-electron chi connectivity index (χ0n) is 21.0. The molecule has 0 aromatic heterocycles. The van der Waals surface area contributed by atoms with E-state index in [1.807, 2.05) is 39.3 Å². The maximum absolute atomic E-state index is 12.8. The van der Waals surface area contributed by atoms with Crippen molar-refractivity contribution in [2.45, 2.75) is 45.1 Å². The second kappa shape index (κ2) is 10.9. The number of hydrogen-bond acceptors (Lipinski definition) is 4. The average molecular weight is 460 g/mol. The summed E-state index contributed by atoms with van der Waals surface area (Å²) in [6.07, 6.45) is 9.52. The number of rotatable bonds is 7. The zero-order valence-corrected chi connectivity index (χ0v) is 21.0. The normalized spacial score (nSPS) is 16.1. The van der Waals surface area contributed by atoms with E-state index < -0.39 is 0 Å². The van der Waals surface area contributed by atoms with E-state index in [2.05, 4.69) is 59.2 Å². The van der Waals surface area contributed by atoms with Crippen LogP contribution in [-0.2, 0) is 6.42 Å². The van der Waals surface area contributed by atoms with Gasteiger partial charge in [-0.1, -0.05) is 42.5 Å². The van der Waals surface area contributed by atoms with E-state index in [4.69, 9.17) is 4.74 Å². The van der Waals surface area contributed by atoms with Crippen molar-refractivity contribution >= 4 is 11.8 Å². The third-order valence-electron chi connectivity index (χ3n) is 7.02. The first kappa shape index (κ1) is 24.1. The minimum Gasteiger partial charge on any atom is -0.410 e. The Hall–Kier alpha value is -3.05. The Morgan fingerprint density at radius 3 is 2.71 bits per heavy atom. The lowest BCUT2D eigenvalue weighted by Crippen LogP contribution is -2.33. The van der Waals surface area contributed by atoms with Crippen molar-refractivity contribution in [1.82, 2.24) is 9.80 Å². The SMILES string of the molecule is C[C@@H](c1cccc(OC(=O)N(C)CCCN2C3=C(C=CCC3)CCc3ccccc32)c1)N(C)C. The van der Waals surface area contributed by atoms with Crippen molar-refractivity contribution < 1.29 is 9.53 Å². The fraction of sp³-hybridized carbons (Fsp3) is 0.414. The van der Waals surface area contributed by atoms with Gasteiger partial charge in [-0.3, -0.25) is 0 Å². The summed E-state index contributed by atoms with van der Waals surface area (Å²) in [5, 5.41) is 0. The average Bonchev–Trinajstić information content (AvgIpc) is 3.01. The summed E-state index contributed by atoms with van der Waals surface area (Å²) in [4.78, 5) is 19.1. The van der Waals surface area contributed by atoms with Crippen LogP contribution in [0.3, 0.4) is 0 Å². The molecular weight excluding hydrogens is 422 g/mol. The summed E-state index contributed by atoms with van der Waals surface area (Å²) in [5.41, 5.74) is 6.76. The molecule has 1 atom stereocenters. The highest BCUT2D eigenvalue weighted by Crippen LogP contribution is 2.36. The molecule has 1 heterocycles. The van der Waals surface area contributed by atoms with E-state index >= 15 is 0 Å². The molecule has 0 fully saturated rings. The molecule has 1 amide bonds. The van der Waals surface area contributed by atoms with E-state index in [9.17, 15) is 4.79 Å². The molecule has 0 radical (unpaired) electrons. The summed E-state index contributed by atoms with van der Waals surface area (Å²) >= 11 is 0. The van der Waals surface area contributed by atoms with E-state index in [-0.39, 0.29) is 12.1 Å². The molecule has 2 aromatic carbocycles. The quantitative estimate of drug-likeness (QED) is 0.495. The van der Waals surface area contributed by atoms with Gasteiger partial charge in [0.15, 0.2) is 0 Å². The number of carbonyl (C=O) groups is 1. The van der Waals surface area contributed by atoms with Crippen LogP contribution in [0, 0.1) is 0 Å². The smallest absolute Gasteiger partial charge is 0.410 e. The summed E-state index contributed by atoms with van der Waals surface area (Å²) in [6.45, 7) is 3.66. The molecule has 1 aliphatic heterocycles. The lowest BCUT2D eigenvalue weighted by atomic mass is 9.98. The lowest BCUT2D eigenvalue weighted by molar-refractivity contribution is 0.162. The second-order valence-corrected chi connectivity index (χ2v) is 9.55. The number of allylic oxidation sites excluding steroid dienone is 4. The monoisotopic (exact) mass is 459 g/mol. The van der Waals surface area contributed by atoms with Crippen LogP contribution in [0.2, 0.25) is 0 Å². The number of benzene rings is 2. The predicted octanol–water partition coefficient (Wildman–Crippen LogP) is 6.19. The minimum atomic E-state index is -0.313. The first-order valence-corrected chi connectivity index (χ1v) is 12.4. The summed E-state index contributed by atoms with van der Waals surface area (Å²) < 4.78 is 5.69. The standard InChI is InChI=1S/C29H37N3O2/c1-22(30(2)3)25-13-9-14-26(21-25)34-29(33)31(4)19-10-20-32-27-15-7-5-11-23(27)17-18-24-12-6-8-16-28(24)32/h5-7,9,11-15,21-22H,8,10,16-20H2,1-4H3/t22-/m0/s1. The highest BCUT2D eigenvalue weighted by Gasteiger charge is 2.23. The lowest BCUT2D eigenvalue weighted by Gasteiger charge is -2.31. The fourth-order valence-corrected chi connectivity index (χ4v) is 4.77. The number of hydrogen-bond donors (Lipinski definition) is 0. The van der Waals surface area contributed by atoms with Crippen LogP contribution in [0.25, 0.3) is 0 Å². The number of carbonyl (C=O) groups excluding carboxylic acids is 1. The molecule has 0 saturated carbocycles. The molecule has 0 unspecified atom stereocenters. The largest absolute Gasteiger partial charge is 0.414 e. The van der Waals surface area contributed by atoms with Crippen molar-refractivity contribution in [2.24, 2.45) is 0 Å². The van der Waals surface area contributed by atoms with Gasteiger partial charge in [-0.25, -0.2) is 4.79 Å². The van der Waals surface area contributed by atoms with Gasteiger partial charge in [-0.2, -0.15) is 0 Å². The highest BCUT2D eigenvalue weighted by atomic mass is 16.6. The molecule has 0 saturated heterocycles. The molecule has 0 bridgehead atoms. The molecule has 4 rings (SSSR count). The van der Waals surface area contributed by atoms with Gasteiger partial charge >= 0.3 is 6.09 Å². The summed E-state index contributed by atoms with van der Waals surface area (Å²) in [7, 11) is 5.91. The number of aryl methyl sites for hydroxylation is 1. The van der Waals surface area contributed by atoms with Crippen molar-refractivity contribution in [2.75, 3.05) is 39.1 Å². The van der Waals surface area contributed by atoms with Crippen LogP contribution in [0.1, 0.15) is 49.8 Å². The molecule has 2 aliphatic rings. The summed E-state index contributed by atoms with van der Waals surface area (Å²) in [5.74, 6) is 0.591. The van der Waals surface area contributed by atoms with Gasteiger partial charge in [0.05, 0.1) is 0 Å². The molecule has 180 valence electrons. The molecule has 2 aromatic rings. The Morgan fingerprint density at radius 1 is 1.06 bits per heavy atom. The number of nitrogens with zero attached hydrogens (tertiary/aromatic N) is 3. The number of fused-ring (bicyclic) bond motifs is 1. The second-order valence-electron chi connectivity index (χ2n) is 9.55. The van der Waals surface area contributed by atoms with Crippen molar-refractivity contribution in [1.29, 1.82) is 0 Å². The number of para-hydroxylation sites is 1. The van der Waals surface area contributed by atoms with Gasteiger partial charge in [0, 0.05) is 37.6 Å². The maximum Gasteiger partial charge on any atom is 0.414 e. The van der Waals surface area contributed by atoms with Crippen molar-refractivity contribution in [3.05, 3.63) is 83.1 Å². The van der Waals surface area contributed by atoms with Crippen LogP contribution in [0.4, 0.5) is 10.5 Å². The van der Waals surface area contributed by atoms with Gasteiger partial charge in [-0.15, -0.1) is 0 Å². The first-order chi connectivity index (χ1) is 16.4. The van der Waals surface area contributed by atoms with Crippen LogP contribution in [0.5, 0.6) is 5.75 Å². The molecular formula is C29H37N3O2. The number of amides is 1. The van der Waals surface area contributed by atoms with Gasteiger partial charge < -0.3 is 19.4 Å². The third kappa shape index (κ3) is 5.53. The Kier molecular flexibility index (Phi) is 7.73. The van der Waals surface area contributed by atoms with E-state index in [0.717, 1.165) is 44.2 Å². The molecule has 34 heavy (non-hydrogen) atoms. The van der Waals surface area contributed by atoms with E-state index in [1.165, 1.54) is 22.5 Å². The minimum absolute atomic E-state index is 0.252. The number of anilines is 1. The zero-order chi connectivity index (χ0) is 24.1. The van der Waals surface area contributed by atoms with Crippen molar-refractivity contribution in [3.63, 3.8) is 0 Å². The van der Waals surface area contributed by atoms with Gasteiger partial charge in [-0.05, 0) is 88.0 Å². The maximum atomic E-state index is 12.8. The predicted molar refractivity (Wildman–Crippen MR) is 139 cm³/mol. The first-order valence-electron chi connectivity index (χ1n) is 12.4. The highest BCUT2D eigenvalue weighted by molar-refractivity contribution is 5.70. The molecule has 0 N–H and O–H groups in total. The third-order valence-corrected chi connectivity index (χ3v) is 7.02. The molecule has 5 nitrogen and oxygen atoms in total. The molecule has 1 aliphatic carbocycles. The topological polar surface area (TPSA) is 36.0 Å². The van der Waals surface area contributed by atoms with Gasteiger partial charge in [0.25, 0.3) is 0 Å². The van der Waals surface area contributed by atoms with Gasteiger partial charge in [0.1, 0.15) is 5.75 Å². The van der Waals surface area contributed by atoms with Crippen molar-refractivity contribution in [3.8, 4) is 5.75 Å². The van der Waals surface area contributed by atoms with Crippen LogP contribution < -0.4 is 9.64 Å². The van der Waals surface area contributed by atoms with Crippen LogP contribution in [-0.4, -0.2) is 50.1 Å². The Bertz CT molecular complexity index is 1070. The summed E-state index contributed by atoms with van der Waals surface area (Å²) in [6, 6.07) is 16.8. The Labute approximate surface area is 204 Å². The fourth-order valence-electron chi connectivity index (χ4n) is 4.77. The Balaban J connectivity index is 1.38. The number of ether oxygens (including phenoxy) is 1. The molecule has 0 spiro atoms.